The molecule has 0 spiro atoms. The van der Waals surface area contributed by atoms with Gasteiger partial charge in [-0.2, -0.15) is 5.26 Å². The third-order valence-electron chi connectivity index (χ3n) is 1.45. The maximum atomic E-state index is 13.0. The molecule has 4 heteroatoms. The minimum absolute atomic E-state index is 0.0504. The molecule has 0 aliphatic carbocycles. The number of rotatable bonds is 0. The van der Waals surface area contributed by atoms with Gasteiger partial charge < -0.3 is 0 Å². The van der Waals surface area contributed by atoms with Gasteiger partial charge in [-0.3, -0.25) is 0 Å². The number of hydrogen-bond donors (Lipinski definition) is 0. The van der Waals surface area contributed by atoms with Crippen LogP contribution < -0.4 is 0 Å². The van der Waals surface area contributed by atoms with E-state index in [2.05, 4.69) is 15.9 Å². The number of nitriles is 1. The third kappa shape index (κ3) is 1.45. The van der Waals surface area contributed by atoms with Crippen LogP contribution in [-0.4, -0.2) is 0 Å². The highest BCUT2D eigenvalue weighted by Gasteiger charge is 2.12. The van der Waals surface area contributed by atoms with Crippen LogP contribution in [0.3, 0.4) is 0 Å². The number of aryl methyl sites for hydroxylation is 1. The largest absolute Gasteiger partial charge is 0.205 e. The van der Waals surface area contributed by atoms with Crippen LogP contribution in [-0.2, 0) is 0 Å². The Bertz CT molecular complexity index is 370. The molecule has 0 atom stereocenters. The zero-order chi connectivity index (χ0) is 9.30. The Morgan fingerprint density at radius 1 is 1.67 bits per heavy atom. The molecule has 1 aromatic carbocycles. The van der Waals surface area contributed by atoms with E-state index < -0.39 is 5.82 Å². The van der Waals surface area contributed by atoms with Crippen LogP contribution in [0.4, 0.5) is 4.39 Å². The highest BCUT2D eigenvalue weighted by molar-refractivity contribution is 9.10. The van der Waals surface area contributed by atoms with Gasteiger partial charge in [0.05, 0.1) is 9.50 Å². The number of halogens is 3. The molecule has 0 heterocycles. The molecule has 0 saturated carbocycles. The molecule has 0 unspecified atom stereocenters. The maximum absolute atomic E-state index is 13.0. The third-order valence-corrected chi connectivity index (χ3v) is 2.96. The summed E-state index contributed by atoms with van der Waals surface area (Å²) in [6.45, 7) is 1.68. The number of benzene rings is 1. The van der Waals surface area contributed by atoms with E-state index >= 15 is 0 Å². The average molecular weight is 248 g/mol. The summed E-state index contributed by atoms with van der Waals surface area (Å²) >= 11 is 8.82. The van der Waals surface area contributed by atoms with Gasteiger partial charge in [-0.1, -0.05) is 11.6 Å². The Morgan fingerprint density at radius 2 is 2.25 bits per heavy atom. The van der Waals surface area contributed by atoms with Crippen molar-refractivity contribution in [1.82, 2.24) is 0 Å². The zero-order valence-corrected chi connectivity index (χ0v) is 8.50. The Kier molecular flexibility index (Phi) is 2.71. The molecule has 0 radical (unpaired) electrons. The first kappa shape index (κ1) is 9.50. The van der Waals surface area contributed by atoms with Gasteiger partial charge in [0.2, 0.25) is 0 Å². The lowest BCUT2D eigenvalue weighted by Gasteiger charge is -2.03. The molecule has 0 bridgehead atoms. The lowest BCUT2D eigenvalue weighted by atomic mass is 10.1. The van der Waals surface area contributed by atoms with E-state index in [1.807, 2.05) is 0 Å². The quantitative estimate of drug-likeness (QED) is 0.645. The van der Waals surface area contributed by atoms with Crippen molar-refractivity contribution in [3.63, 3.8) is 0 Å². The van der Waals surface area contributed by atoms with E-state index in [1.54, 1.807) is 13.0 Å². The van der Waals surface area contributed by atoms with Gasteiger partial charge >= 0.3 is 0 Å². The molecule has 0 aliphatic rings. The Balaban J connectivity index is 3.54. The van der Waals surface area contributed by atoms with Crippen LogP contribution in [0.1, 0.15) is 11.1 Å². The number of hydrogen-bond acceptors (Lipinski definition) is 1. The van der Waals surface area contributed by atoms with E-state index in [9.17, 15) is 4.39 Å². The van der Waals surface area contributed by atoms with Gasteiger partial charge in [-0.05, 0) is 34.5 Å². The van der Waals surface area contributed by atoms with Crippen LogP contribution in [0.15, 0.2) is 10.5 Å². The van der Waals surface area contributed by atoms with E-state index in [0.717, 1.165) is 0 Å². The molecular weight excluding hydrogens is 244 g/mol. The van der Waals surface area contributed by atoms with Gasteiger partial charge in [-0.15, -0.1) is 0 Å². The fraction of sp³-hybridized carbons (Fsp3) is 0.125. The summed E-state index contributed by atoms with van der Waals surface area (Å²) in [7, 11) is 0. The molecule has 1 aromatic rings. The summed E-state index contributed by atoms with van der Waals surface area (Å²) in [6, 6.07) is 2.97. The standard InChI is InChI=1S/C8H4BrClFN/c1-4-2-6(11)5(3-12)7(9)8(4)10/h2H,1H3. The fourth-order valence-corrected chi connectivity index (χ4v) is 1.56. The second-order valence-corrected chi connectivity index (χ2v) is 3.46. The molecule has 0 aromatic heterocycles. The van der Waals surface area contributed by atoms with Crippen LogP contribution >= 0.6 is 27.5 Å². The van der Waals surface area contributed by atoms with Crippen LogP contribution in [0.25, 0.3) is 0 Å². The first-order valence-corrected chi connectivity index (χ1v) is 4.29. The van der Waals surface area contributed by atoms with Gasteiger partial charge in [0.1, 0.15) is 17.4 Å². The molecule has 12 heavy (non-hydrogen) atoms. The van der Waals surface area contributed by atoms with Crippen LogP contribution in [0.2, 0.25) is 5.02 Å². The smallest absolute Gasteiger partial charge is 0.142 e. The highest BCUT2D eigenvalue weighted by Crippen LogP contribution is 2.30. The molecule has 0 aliphatic heterocycles. The molecule has 0 saturated heterocycles. The summed E-state index contributed by atoms with van der Waals surface area (Å²) < 4.78 is 13.3. The number of nitrogens with zero attached hydrogens (tertiary/aromatic N) is 1. The minimum Gasteiger partial charge on any atom is -0.205 e. The Labute approximate surface area is 82.9 Å². The van der Waals surface area contributed by atoms with Crippen molar-refractivity contribution in [2.24, 2.45) is 0 Å². The normalized spacial score (nSPS) is 9.58. The van der Waals surface area contributed by atoms with Gasteiger partial charge in [-0.25, -0.2) is 4.39 Å². The van der Waals surface area contributed by atoms with Gasteiger partial charge in [0, 0.05) is 0 Å². The lowest BCUT2D eigenvalue weighted by molar-refractivity contribution is 0.621. The summed E-state index contributed by atoms with van der Waals surface area (Å²) in [5.74, 6) is -0.550. The topological polar surface area (TPSA) is 23.8 Å². The first-order valence-electron chi connectivity index (χ1n) is 3.12. The van der Waals surface area contributed by atoms with E-state index in [-0.39, 0.29) is 5.56 Å². The Morgan fingerprint density at radius 3 is 2.75 bits per heavy atom. The lowest BCUT2D eigenvalue weighted by Crippen LogP contribution is -1.89. The minimum atomic E-state index is -0.550. The SMILES string of the molecule is Cc1cc(F)c(C#N)c(Br)c1Cl. The molecule has 0 N–H and O–H groups in total. The molecule has 0 amide bonds. The maximum Gasteiger partial charge on any atom is 0.142 e. The van der Waals surface area contributed by atoms with E-state index in [0.29, 0.717) is 15.1 Å². The summed E-state index contributed by atoms with van der Waals surface area (Å²) in [5, 5.41) is 8.92. The van der Waals surface area contributed by atoms with Crippen LogP contribution in [0.5, 0.6) is 0 Å². The predicted octanol–water partition coefficient (Wildman–Crippen LogP) is 3.42. The molecule has 1 rings (SSSR count). The highest BCUT2D eigenvalue weighted by atomic mass is 79.9. The summed E-state index contributed by atoms with van der Waals surface area (Å²) in [6.07, 6.45) is 0. The average Bonchev–Trinajstić information content (AvgIpc) is 2.01. The second-order valence-electron chi connectivity index (χ2n) is 2.29. The van der Waals surface area contributed by atoms with Gasteiger partial charge in [0.25, 0.3) is 0 Å². The van der Waals surface area contributed by atoms with E-state index in [1.165, 1.54) is 6.07 Å². The molecule has 0 fully saturated rings. The van der Waals surface area contributed by atoms with Crippen LogP contribution in [0, 0.1) is 24.1 Å². The molecule has 1 nitrogen and oxygen atoms in total. The van der Waals surface area contributed by atoms with Crippen molar-refractivity contribution in [3.8, 4) is 6.07 Å². The first-order chi connectivity index (χ1) is 5.57. The van der Waals surface area contributed by atoms with Crippen molar-refractivity contribution in [1.29, 1.82) is 5.26 Å². The fourth-order valence-electron chi connectivity index (χ4n) is 0.816. The second kappa shape index (κ2) is 3.42. The molecule has 62 valence electrons. The zero-order valence-electron chi connectivity index (χ0n) is 6.16. The van der Waals surface area contributed by atoms with Crippen molar-refractivity contribution >= 4 is 27.5 Å². The van der Waals surface area contributed by atoms with Crippen molar-refractivity contribution < 1.29 is 4.39 Å². The van der Waals surface area contributed by atoms with Crippen molar-refractivity contribution in [2.75, 3.05) is 0 Å². The van der Waals surface area contributed by atoms with Crippen molar-refractivity contribution in [3.05, 3.63) is 32.5 Å². The monoisotopic (exact) mass is 247 g/mol. The van der Waals surface area contributed by atoms with Crippen molar-refractivity contribution in [2.45, 2.75) is 6.92 Å². The Hall–Kier alpha value is -0.590. The van der Waals surface area contributed by atoms with E-state index in [4.69, 9.17) is 16.9 Å². The summed E-state index contributed by atoms with van der Waals surface area (Å²) in [5.41, 5.74) is 0.561. The molecular formula is C8H4BrClFN. The predicted molar refractivity (Wildman–Crippen MR) is 48.6 cm³/mol. The summed E-state index contributed by atoms with van der Waals surface area (Å²) in [4.78, 5) is 0. The van der Waals surface area contributed by atoms with Gasteiger partial charge in [0.15, 0.2) is 0 Å².